The second-order valence-corrected chi connectivity index (χ2v) is 10.7. The first-order valence-corrected chi connectivity index (χ1v) is 12.8. The molecular weight excluding hydrogens is 438 g/mol. The van der Waals surface area contributed by atoms with Gasteiger partial charge in [0.1, 0.15) is 0 Å². The quantitative estimate of drug-likeness (QED) is 0.504. The zero-order valence-electron chi connectivity index (χ0n) is 15.9. The highest BCUT2D eigenvalue weighted by molar-refractivity contribution is 7.89. The molecule has 0 saturated heterocycles. The van der Waals surface area contributed by atoms with Gasteiger partial charge in [-0.05, 0) is 47.5 Å². The Balaban J connectivity index is 2.04. The molecule has 0 radical (unpaired) electrons. The normalized spacial score (nSPS) is 12.7. The topological polar surface area (TPSA) is 94.3 Å². The largest absolute Gasteiger partial charge is 0.288 e. The monoisotopic (exact) mass is 455 g/mol. The summed E-state index contributed by atoms with van der Waals surface area (Å²) in [7, 11) is -5.00. The Morgan fingerprint density at radius 1 is 0.900 bits per heavy atom. The average Bonchev–Trinajstić information content (AvgIpc) is 2.73. The molecule has 0 aliphatic rings. The van der Waals surface area contributed by atoms with E-state index in [9.17, 15) is 17.4 Å². The van der Waals surface area contributed by atoms with Crippen molar-refractivity contribution in [2.75, 3.05) is 6.26 Å². The van der Waals surface area contributed by atoms with E-state index in [0.29, 0.717) is 31.8 Å². The molecular formula is C22H17NO4S3. The van der Waals surface area contributed by atoms with E-state index < -0.39 is 20.8 Å². The lowest BCUT2D eigenvalue weighted by Crippen LogP contribution is -2.11. The minimum Gasteiger partial charge on any atom is -0.288 e. The number of hydrogen-bond donors (Lipinski definition) is 1. The van der Waals surface area contributed by atoms with E-state index in [-0.39, 0.29) is 10.3 Å². The fourth-order valence-corrected chi connectivity index (χ4v) is 5.52. The van der Waals surface area contributed by atoms with Crippen LogP contribution >= 0.6 is 11.3 Å². The predicted octanol–water partition coefficient (Wildman–Crippen LogP) is 3.98. The van der Waals surface area contributed by atoms with Crippen LogP contribution in [0.15, 0.2) is 87.4 Å². The molecule has 0 spiro atoms. The molecule has 5 nitrogen and oxygen atoms in total. The number of fused-ring (bicyclic) bond motifs is 1. The van der Waals surface area contributed by atoms with Gasteiger partial charge in [0.05, 0.1) is 4.90 Å². The van der Waals surface area contributed by atoms with Crippen molar-refractivity contribution in [2.24, 2.45) is 5.14 Å². The molecule has 4 rings (SSSR count). The molecule has 3 aromatic carbocycles. The number of hydrogen-bond acceptors (Lipinski definition) is 5. The highest BCUT2D eigenvalue weighted by atomic mass is 32.2. The Morgan fingerprint density at radius 2 is 1.60 bits per heavy atom. The maximum absolute atomic E-state index is 13.4. The first kappa shape index (κ1) is 20.6. The lowest BCUT2D eigenvalue weighted by atomic mass is 10.0. The Bertz CT molecular complexity index is 1460. The summed E-state index contributed by atoms with van der Waals surface area (Å²) in [6.45, 7) is 0. The van der Waals surface area contributed by atoms with E-state index in [4.69, 9.17) is 5.14 Å². The Kier molecular flexibility index (Phi) is 5.42. The van der Waals surface area contributed by atoms with E-state index in [0.717, 1.165) is 4.70 Å². The summed E-state index contributed by atoms with van der Waals surface area (Å²) in [5.74, 6) is 0. The van der Waals surface area contributed by atoms with Crippen LogP contribution in [-0.2, 0) is 20.8 Å². The third-order valence-corrected chi connectivity index (χ3v) is 7.76. The molecule has 0 aliphatic heterocycles. The van der Waals surface area contributed by atoms with Crippen LogP contribution in [0.25, 0.3) is 31.7 Å². The van der Waals surface area contributed by atoms with Crippen molar-refractivity contribution >= 4 is 42.2 Å². The van der Waals surface area contributed by atoms with E-state index in [1.54, 1.807) is 42.7 Å². The standard InChI is InChI=1S/C22H17NO4S3/c1-29(25)16-6-4-5-15(13-16)20-21(24)18-7-2-3-8-19(18)28-22(20)14-9-11-17(12-10-14)30(23,26)27/h2-13H,1H3,(H2,23,26,27). The van der Waals surface area contributed by atoms with Gasteiger partial charge in [0.15, 0.2) is 5.43 Å². The summed E-state index contributed by atoms with van der Waals surface area (Å²) < 4.78 is 36.0. The maximum atomic E-state index is 13.4. The van der Waals surface area contributed by atoms with Gasteiger partial charge in [0.2, 0.25) is 10.0 Å². The second kappa shape index (κ2) is 7.88. The maximum Gasteiger partial charge on any atom is 0.238 e. The molecule has 0 fully saturated rings. The van der Waals surface area contributed by atoms with Crippen LogP contribution in [0, 0.1) is 0 Å². The third-order valence-electron chi connectivity index (χ3n) is 4.70. The number of benzene rings is 3. The van der Waals surface area contributed by atoms with Crippen molar-refractivity contribution in [2.45, 2.75) is 9.79 Å². The minimum atomic E-state index is -3.81. The van der Waals surface area contributed by atoms with E-state index in [1.807, 2.05) is 24.3 Å². The van der Waals surface area contributed by atoms with Crippen molar-refractivity contribution in [1.29, 1.82) is 0 Å². The van der Waals surface area contributed by atoms with Gasteiger partial charge in [0, 0.05) is 42.5 Å². The van der Waals surface area contributed by atoms with Crippen molar-refractivity contribution < 1.29 is 12.6 Å². The van der Waals surface area contributed by atoms with Crippen LogP contribution in [0.3, 0.4) is 0 Å². The lowest BCUT2D eigenvalue weighted by Gasteiger charge is -2.12. The average molecular weight is 456 g/mol. The highest BCUT2D eigenvalue weighted by Gasteiger charge is 2.17. The van der Waals surface area contributed by atoms with Crippen LogP contribution in [0.5, 0.6) is 0 Å². The summed E-state index contributed by atoms with van der Waals surface area (Å²) in [6, 6.07) is 20.6. The molecule has 152 valence electrons. The predicted molar refractivity (Wildman–Crippen MR) is 123 cm³/mol. The first-order chi connectivity index (χ1) is 14.3. The van der Waals surface area contributed by atoms with E-state index >= 15 is 0 Å². The van der Waals surface area contributed by atoms with Gasteiger partial charge in [-0.25, -0.2) is 13.6 Å². The van der Waals surface area contributed by atoms with E-state index in [1.165, 1.54) is 23.5 Å². The molecule has 0 saturated carbocycles. The number of sulfonamides is 1. The molecule has 30 heavy (non-hydrogen) atoms. The minimum absolute atomic E-state index is 0.00399. The summed E-state index contributed by atoms with van der Waals surface area (Å²) >= 11 is 1.45. The SMILES string of the molecule is CS(=O)c1cccc(-c2c(-c3ccc(S(N)(=O)=O)cc3)sc3ccccc3c2=O)c1. The summed E-state index contributed by atoms with van der Waals surface area (Å²) in [5.41, 5.74) is 1.73. The van der Waals surface area contributed by atoms with Crippen LogP contribution in [0.2, 0.25) is 0 Å². The van der Waals surface area contributed by atoms with Gasteiger partial charge >= 0.3 is 0 Å². The Morgan fingerprint density at radius 3 is 2.27 bits per heavy atom. The smallest absolute Gasteiger partial charge is 0.238 e. The van der Waals surface area contributed by atoms with E-state index in [2.05, 4.69) is 0 Å². The van der Waals surface area contributed by atoms with Crippen molar-refractivity contribution in [3.05, 3.63) is 83.0 Å². The van der Waals surface area contributed by atoms with Gasteiger partial charge < -0.3 is 0 Å². The van der Waals surface area contributed by atoms with Crippen LogP contribution in [0.1, 0.15) is 0 Å². The van der Waals surface area contributed by atoms with Crippen LogP contribution < -0.4 is 10.6 Å². The Hall–Kier alpha value is -2.65. The summed E-state index contributed by atoms with van der Waals surface area (Å²) in [5, 5.41) is 5.81. The molecule has 1 heterocycles. The molecule has 8 heteroatoms. The third kappa shape index (κ3) is 3.87. The molecule has 4 aromatic rings. The molecule has 1 unspecified atom stereocenters. The first-order valence-electron chi connectivity index (χ1n) is 8.88. The zero-order chi connectivity index (χ0) is 21.5. The van der Waals surface area contributed by atoms with Gasteiger partial charge in [-0.1, -0.05) is 36.4 Å². The highest BCUT2D eigenvalue weighted by Crippen LogP contribution is 2.37. The van der Waals surface area contributed by atoms with Crippen LogP contribution in [-0.4, -0.2) is 18.9 Å². The van der Waals surface area contributed by atoms with Gasteiger partial charge in [0.25, 0.3) is 0 Å². The van der Waals surface area contributed by atoms with Gasteiger partial charge in [-0.15, -0.1) is 11.3 Å². The molecule has 2 N–H and O–H groups in total. The molecule has 0 amide bonds. The van der Waals surface area contributed by atoms with Crippen molar-refractivity contribution in [3.63, 3.8) is 0 Å². The van der Waals surface area contributed by atoms with Crippen LogP contribution in [0.4, 0.5) is 0 Å². The fourth-order valence-electron chi connectivity index (χ4n) is 3.23. The Labute approximate surface area is 180 Å². The molecule has 0 bridgehead atoms. The molecule has 1 atom stereocenters. The number of nitrogens with two attached hydrogens (primary N) is 1. The van der Waals surface area contributed by atoms with Gasteiger partial charge in [-0.3, -0.25) is 9.00 Å². The molecule has 0 aliphatic carbocycles. The number of primary sulfonamides is 1. The van der Waals surface area contributed by atoms with Crippen molar-refractivity contribution in [3.8, 4) is 21.6 Å². The number of rotatable bonds is 4. The van der Waals surface area contributed by atoms with Crippen molar-refractivity contribution in [1.82, 2.24) is 0 Å². The second-order valence-electron chi connectivity index (χ2n) is 6.68. The lowest BCUT2D eigenvalue weighted by molar-refractivity contribution is 0.598. The summed E-state index contributed by atoms with van der Waals surface area (Å²) in [6.07, 6.45) is 1.59. The van der Waals surface area contributed by atoms with Gasteiger partial charge in [-0.2, -0.15) is 0 Å². The summed E-state index contributed by atoms with van der Waals surface area (Å²) in [4.78, 5) is 14.8. The zero-order valence-corrected chi connectivity index (χ0v) is 18.3. The molecule has 1 aromatic heterocycles. The fraction of sp³-hybridized carbons (Fsp3) is 0.0455.